The van der Waals surface area contributed by atoms with E-state index in [0.29, 0.717) is 39.7 Å². The third kappa shape index (κ3) is 3.24. The van der Waals surface area contributed by atoms with E-state index < -0.39 is 23.6 Å². The molecule has 0 saturated carbocycles. The van der Waals surface area contributed by atoms with Gasteiger partial charge in [0.1, 0.15) is 28.6 Å². The number of para-hydroxylation sites is 1. The standard InChI is InChI=1S/C24H19NO6/c1-13-7-12-18(29-13)19-20-21(16-5-3-4-6-17(16)30-24(20)27)31-22(19)23(26)25-14-8-10-15(28-2)11-9-14/h3-12,19,22H,1-2H3,(H,25,26)/t19-,22-/m0/s1. The van der Waals surface area contributed by atoms with Crippen LogP contribution in [0.15, 0.2) is 74.3 Å². The van der Waals surface area contributed by atoms with Gasteiger partial charge in [-0.15, -0.1) is 0 Å². The number of hydrogen-bond donors (Lipinski definition) is 1. The molecule has 1 amide bonds. The highest BCUT2D eigenvalue weighted by Crippen LogP contribution is 2.44. The van der Waals surface area contributed by atoms with E-state index in [1.54, 1.807) is 68.6 Å². The van der Waals surface area contributed by atoms with Crippen LogP contribution in [0.2, 0.25) is 0 Å². The molecule has 0 bridgehead atoms. The number of ether oxygens (including phenoxy) is 2. The van der Waals surface area contributed by atoms with Gasteiger partial charge in [0, 0.05) is 5.69 Å². The van der Waals surface area contributed by atoms with Crippen molar-refractivity contribution in [2.45, 2.75) is 18.9 Å². The van der Waals surface area contributed by atoms with E-state index in [2.05, 4.69) is 5.32 Å². The molecule has 1 N–H and O–H groups in total. The van der Waals surface area contributed by atoms with Gasteiger partial charge in [-0.05, 0) is 55.5 Å². The normalized spacial score (nSPS) is 17.2. The van der Waals surface area contributed by atoms with Crippen LogP contribution in [0.1, 0.15) is 23.0 Å². The molecule has 7 heteroatoms. The first kappa shape index (κ1) is 19.0. The minimum Gasteiger partial charge on any atom is -0.497 e. The Kier molecular flexibility index (Phi) is 4.51. The quantitative estimate of drug-likeness (QED) is 0.500. The Morgan fingerprint density at radius 3 is 2.48 bits per heavy atom. The number of anilines is 1. The maximum absolute atomic E-state index is 13.2. The number of amides is 1. The first-order valence-electron chi connectivity index (χ1n) is 9.79. The summed E-state index contributed by atoms with van der Waals surface area (Å²) in [5.74, 6) is 1.03. The summed E-state index contributed by atoms with van der Waals surface area (Å²) in [4.78, 5) is 26.1. The monoisotopic (exact) mass is 417 g/mol. The molecule has 2 aromatic heterocycles. The van der Waals surface area contributed by atoms with Gasteiger partial charge in [0.05, 0.1) is 24.0 Å². The molecular weight excluding hydrogens is 398 g/mol. The van der Waals surface area contributed by atoms with E-state index in [0.717, 1.165) is 0 Å². The smallest absolute Gasteiger partial charge is 0.344 e. The summed E-state index contributed by atoms with van der Waals surface area (Å²) in [6, 6.07) is 17.6. The lowest BCUT2D eigenvalue weighted by Gasteiger charge is -2.17. The molecule has 0 radical (unpaired) electrons. The summed E-state index contributed by atoms with van der Waals surface area (Å²) in [6.45, 7) is 1.80. The minimum atomic E-state index is -1.00. The van der Waals surface area contributed by atoms with Gasteiger partial charge in [0.25, 0.3) is 5.91 Å². The number of fused-ring (bicyclic) bond motifs is 3. The van der Waals surface area contributed by atoms with Crippen LogP contribution < -0.4 is 20.4 Å². The van der Waals surface area contributed by atoms with Crippen LogP contribution in [0.3, 0.4) is 0 Å². The van der Waals surface area contributed by atoms with Crippen molar-refractivity contribution in [3.8, 4) is 11.5 Å². The van der Waals surface area contributed by atoms with Crippen molar-refractivity contribution in [3.63, 3.8) is 0 Å². The van der Waals surface area contributed by atoms with Crippen molar-refractivity contribution < 1.29 is 23.1 Å². The van der Waals surface area contributed by atoms with Crippen molar-refractivity contribution in [2.24, 2.45) is 0 Å². The van der Waals surface area contributed by atoms with Gasteiger partial charge in [-0.3, -0.25) is 4.79 Å². The Hall–Kier alpha value is -4.00. The molecule has 0 unspecified atom stereocenters. The first-order valence-corrected chi connectivity index (χ1v) is 9.79. The van der Waals surface area contributed by atoms with Gasteiger partial charge in [-0.2, -0.15) is 0 Å². The van der Waals surface area contributed by atoms with Gasteiger partial charge < -0.3 is 23.6 Å². The van der Waals surface area contributed by atoms with E-state index in [-0.39, 0.29) is 5.56 Å². The van der Waals surface area contributed by atoms with Crippen LogP contribution in [0.25, 0.3) is 11.0 Å². The number of benzene rings is 2. The summed E-state index contributed by atoms with van der Waals surface area (Å²) < 4.78 is 22.6. The van der Waals surface area contributed by atoms with E-state index in [1.165, 1.54) is 0 Å². The maximum Gasteiger partial charge on any atom is 0.344 e. The van der Waals surface area contributed by atoms with Crippen molar-refractivity contribution >= 4 is 22.6 Å². The number of carbonyl (C=O) groups is 1. The zero-order chi connectivity index (χ0) is 21.5. The third-order valence-corrected chi connectivity index (χ3v) is 5.34. The Labute approximate surface area is 177 Å². The van der Waals surface area contributed by atoms with Gasteiger partial charge in [0.15, 0.2) is 6.10 Å². The second-order valence-electron chi connectivity index (χ2n) is 7.31. The number of rotatable bonds is 4. The van der Waals surface area contributed by atoms with Crippen molar-refractivity contribution in [1.29, 1.82) is 0 Å². The first-order chi connectivity index (χ1) is 15.0. The number of hydrogen-bond acceptors (Lipinski definition) is 6. The second-order valence-corrected chi connectivity index (χ2v) is 7.31. The second kappa shape index (κ2) is 7.36. The van der Waals surface area contributed by atoms with Crippen molar-refractivity contribution in [3.05, 3.63) is 88.2 Å². The number of carbonyl (C=O) groups excluding carboxylic acids is 1. The lowest BCUT2D eigenvalue weighted by atomic mass is 9.93. The SMILES string of the molecule is COc1ccc(NC(=O)[C@H]2Oc3c(c(=O)oc4ccccc34)[C@@H]2c2ccc(C)o2)cc1. The lowest BCUT2D eigenvalue weighted by molar-refractivity contribution is -0.122. The molecule has 2 aromatic carbocycles. The third-order valence-electron chi connectivity index (χ3n) is 5.34. The Morgan fingerprint density at radius 2 is 1.77 bits per heavy atom. The summed E-state index contributed by atoms with van der Waals surface area (Å²) >= 11 is 0. The van der Waals surface area contributed by atoms with Crippen molar-refractivity contribution in [1.82, 2.24) is 0 Å². The average molecular weight is 417 g/mol. The Bertz CT molecular complexity index is 1330. The van der Waals surface area contributed by atoms with Crippen LogP contribution >= 0.6 is 0 Å². The van der Waals surface area contributed by atoms with Gasteiger partial charge >= 0.3 is 5.63 Å². The summed E-state index contributed by atoms with van der Waals surface area (Å²) in [5, 5.41) is 3.48. The predicted molar refractivity (Wildman–Crippen MR) is 114 cm³/mol. The molecule has 7 nitrogen and oxygen atoms in total. The van der Waals surface area contributed by atoms with E-state index in [4.69, 9.17) is 18.3 Å². The highest BCUT2D eigenvalue weighted by molar-refractivity contribution is 5.97. The maximum atomic E-state index is 13.2. The molecule has 31 heavy (non-hydrogen) atoms. The Balaban J connectivity index is 1.58. The fourth-order valence-corrected chi connectivity index (χ4v) is 3.88. The van der Waals surface area contributed by atoms with E-state index >= 15 is 0 Å². The number of furan rings is 1. The van der Waals surface area contributed by atoms with E-state index in [1.807, 2.05) is 6.07 Å². The molecule has 0 fully saturated rings. The topological polar surface area (TPSA) is 90.9 Å². The fraction of sp³-hybridized carbons (Fsp3) is 0.167. The highest BCUT2D eigenvalue weighted by atomic mass is 16.5. The minimum absolute atomic E-state index is 0.280. The van der Waals surface area contributed by atoms with Crippen LogP contribution in [-0.2, 0) is 4.79 Å². The Morgan fingerprint density at radius 1 is 1.00 bits per heavy atom. The molecule has 1 aliphatic heterocycles. The number of methoxy groups -OCH3 is 1. The average Bonchev–Trinajstić information content (AvgIpc) is 3.38. The van der Waals surface area contributed by atoms with Crippen LogP contribution in [0.4, 0.5) is 5.69 Å². The zero-order valence-electron chi connectivity index (χ0n) is 16.9. The van der Waals surface area contributed by atoms with Crippen LogP contribution in [0.5, 0.6) is 11.5 Å². The van der Waals surface area contributed by atoms with Gasteiger partial charge in [-0.1, -0.05) is 12.1 Å². The van der Waals surface area contributed by atoms with Crippen LogP contribution in [-0.4, -0.2) is 19.1 Å². The molecule has 0 aliphatic carbocycles. The van der Waals surface area contributed by atoms with Crippen molar-refractivity contribution in [2.75, 3.05) is 12.4 Å². The fourth-order valence-electron chi connectivity index (χ4n) is 3.88. The zero-order valence-corrected chi connectivity index (χ0v) is 16.9. The largest absolute Gasteiger partial charge is 0.497 e. The molecule has 0 saturated heterocycles. The molecule has 1 aliphatic rings. The molecule has 0 spiro atoms. The lowest BCUT2D eigenvalue weighted by Crippen LogP contribution is -2.35. The summed E-state index contributed by atoms with van der Waals surface area (Å²) in [6.07, 6.45) is -1.00. The molecule has 4 aromatic rings. The summed E-state index contributed by atoms with van der Waals surface area (Å²) in [5.41, 5.74) is 0.712. The number of aryl methyl sites for hydroxylation is 1. The summed E-state index contributed by atoms with van der Waals surface area (Å²) in [7, 11) is 1.57. The number of nitrogens with one attached hydrogen (secondary N) is 1. The predicted octanol–water partition coefficient (Wildman–Crippen LogP) is 4.23. The molecule has 5 rings (SSSR count). The van der Waals surface area contributed by atoms with Gasteiger partial charge in [0.2, 0.25) is 0 Å². The molecule has 156 valence electrons. The van der Waals surface area contributed by atoms with E-state index in [9.17, 15) is 9.59 Å². The molecule has 3 heterocycles. The highest BCUT2D eigenvalue weighted by Gasteiger charge is 2.45. The van der Waals surface area contributed by atoms with Gasteiger partial charge in [-0.25, -0.2) is 4.79 Å². The molecular formula is C24H19NO6. The molecule has 2 atom stereocenters. The van der Waals surface area contributed by atoms with Crippen LogP contribution in [0, 0.1) is 6.92 Å².